The van der Waals surface area contributed by atoms with Crippen LogP contribution in [0, 0.1) is 19.7 Å². The third-order valence-corrected chi connectivity index (χ3v) is 5.21. The maximum atomic E-state index is 13.4. The number of aryl methyl sites for hydroxylation is 4. The minimum absolute atomic E-state index is 0.133. The molecule has 20 heavy (non-hydrogen) atoms. The lowest BCUT2D eigenvalue weighted by molar-refractivity contribution is 0.624. The SMILES string of the molecule is Cc1cc(F)cc(C)c1C(Br)c1ccc2c(c1)CCC2. The van der Waals surface area contributed by atoms with Crippen LogP contribution in [-0.2, 0) is 12.8 Å². The van der Waals surface area contributed by atoms with Crippen molar-refractivity contribution in [3.05, 3.63) is 69.5 Å². The van der Waals surface area contributed by atoms with Crippen LogP contribution in [0.1, 0.15) is 44.6 Å². The number of fused-ring (bicyclic) bond motifs is 1. The summed E-state index contributed by atoms with van der Waals surface area (Å²) in [6, 6.07) is 9.99. The molecule has 2 aromatic rings. The first-order valence-electron chi connectivity index (χ1n) is 7.08. The zero-order chi connectivity index (χ0) is 14.3. The Morgan fingerprint density at radius 2 is 1.65 bits per heavy atom. The summed E-state index contributed by atoms with van der Waals surface area (Å²) in [4.78, 5) is 0.133. The van der Waals surface area contributed by atoms with Crippen molar-refractivity contribution in [2.24, 2.45) is 0 Å². The molecule has 104 valence electrons. The van der Waals surface area contributed by atoms with Crippen LogP contribution in [0.3, 0.4) is 0 Å². The Kier molecular flexibility index (Phi) is 3.68. The molecule has 1 aliphatic rings. The monoisotopic (exact) mass is 332 g/mol. The standard InChI is InChI=1S/C18H18BrF/c1-11-8-16(20)9-12(2)17(11)18(19)15-7-6-13-4-3-5-14(13)10-15/h6-10,18H,3-5H2,1-2H3. The molecule has 0 spiro atoms. The van der Waals surface area contributed by atoms with Crippen molar-refractivity contribution < 1.29 is 4.39 Å². The fourth-order valence-corrected chi connectivity index (χ4v) is 4.24. The van der Waals surface area contributed by atoms with Crippen LogP contribution in [0.5, 0.6) is 0 Å². The van der Waals surface area contributed by atoms with Crippen LogP contribution < -0.4 is 0 Å². The van der Waals surface area contributed by atoms with Gasteiger partial charge in [0, 0.05) is 0 Å². The summed E-state index contributed by atoms with van der Waals surface area (Å²) >= 11 is 3.81. The number of rotatable bonds is 2. The van der Waals surface area contributed by atoms with E-state index in [2.05, 4.69) is 34.1 Å². The number of benzene rings is 2. The first kappa shape index (κ1) is 13.8. The molecular formula is C18H18BrF. The molecule has 0 N–H and O–H groups in total. The predicted octanol–water partition coefficient (Wildman–Crippen LogP) is 5.42. The van der Waals surface area contributed by atoms with Crippen molar-refractivity contribution >= 4 is 15.9 Å². The van der Waals surface area contributed by atoms with Gasteiger partial charge < -0.3 is 0 Å². The molecule has 1 unspecified atom stereocenters. The number of halogens is 2. The van der Waals surface area contributed by atoms with E-state index in [4.69, 9.17) is 0 Å². The van der Waals surface area contributed by atoms with Crippen LogP contribution in [0.2, 0.25) is 0 Å². The van der Waals surface area contributed by atoms with Crippen molar-refractivity contribution in [3.63, 3.8) is 0 Å². The summed E-state index contributed by atoms with van der Waals surface area (Å²) < 4.78 is 13.4. The van der Waals surface area contributed by atoms with Gasteiger partial charge in [-0.1, -0.05) is 34.1 Å². The Labute approximate surface area is 128 Å². The van der Waals surface area contributed by atoms with E-state index in [0.717, 1.165) is 11.1 Å². The Bertz CT molecular complexity index is 637. The molecule has 3 rings (SSSR count). The van der Waals surface area contributed by atoms with Gasteiger partial charge in [-0.05, 0) is 78.6 Å². The van der Waals surface area contributed by atoms with E-state index in [1.54, 1.807) is 12.1 Å². The first-order valence-corrected chi connectivity index (χ1v) is 8.00. The van der Waals surface area contributed by atoms with Gasteiger partial charge in [-0.2, -0.15) is 0 Å². The van der Waals surface area contributed by atoms with E-state index >= 15 is 0 Å². The van der Waals surface area contributed by atoms with Gasteiger partial charge >= 0.3 is 0 Å². The van der Waals surface area contributed by atoms with Gasteiger partial charge in [0.2, 0.25) is 0 Å². The van der Waals surface area contributed by atoms with Crippen LogP contribution in [0.4, 0.5) is 4.39 Å². The van der Waals surface area contributed by atoms with Crippen molar-refractivity contribution in [2.45, 2.75) is 37.9 Å². The Balaban J connectivity index is 2.03. The first-order chi connectivity index (χ1) is 9.56. The zero-order valence-electron chi connectivity index (χ0n) is 11.8. The second kappa shape index (κ2) is 5.33. The fraction of sp³-hybridized carbons (Fsp3) is 0.333. The van der Waals surface area contributed by atoms with Gasteiger partial charge in [0.25, 0.3) is 0 Å². The lowest BCUT2D eigenvalue weighted by Gasteiger charge is -2.18. The minimum Gasteiger partial charge on any atom is -0.207 e. The second-order valence-corrected chi connectivity index (χ2v) is 6.61. The third kappa shape index (κ3) is 2.42. The molecule has 0 fully saturated rings. The van der Waals surface area contributed by atoms with Gasteiger partial charge in [-0.25, -0.2) is 4.39 Å². The number of hydrogen-bond donors (Lipinski definition) is 0. The van der Waals surface area contributed by atoms with E-state index in [1.807, 2.05) is 13.8 Å². The van der Waals surface area contributed by atoms with Gasteiger partial charge in [0.1, 0.15) is 5.82 Å². The minimum atomic E-state index is -0.155. The molecule has 0 bridgehead atoms. The van der Waals surface area contributed by atoms with E-state index in [9.17, 15) is 4.39 Å². The average molecular weight is 333 g/mol. The van der Waals surface area contributed by atoms with Crippen molar-refractivity contribution in [2.75, 3.05) is 0 Å². The summed E-state index contributed by atoms with van der Waals surface area (Å²) in [6.07, 6.45) is 3.65. The van der Waals surface area contributed by atoms with Gasteiger partial charge in [0.15, 0.2) is 0 Å². The van der Waals surface area contributed by atoms with Crippen LogP contribution >= 0.6 is 15.9 Å². The Morgan fingerprint density at radius 1 is 1.00 bits per heavy atom. The van der Waals surface area contributed by atoms with E-state index in [-0.39, 0.29) is 10.6 Å². The smallest absolute Gasteiger partial charge is 0.123 e. The summed E-state index contributed by atoms with van der Waals surface area (Å²) in [5, 5.41) is 0. The van der Waals surface area contributed by atoms with Crippen LogP contribution in [0.25, 0.3) is 0 Å². The summed E-state index contributed by atoms with van der Waals surface area (Å²) in [5.74, 6) is -0.155. The normalized spacial score (nSPS) is 15.2. The average Bonchev–Trinajstić information content (AvgIpc) is 2.84. The van der Waals surface area contributed by atoms with Crippen LogP contribution in [0.15, 0.2) is 30.3 Å². The number of alkyl halides is 1. The lowest BCUT2D eigenvalue weighted by atomic mass is 9.94. The van der Waals surface area contributed by atoms with Crippen molar-refractivity contribution in [1.29, 1.82) is 0 Å². The largest absolute Gasteiger partial charge is 0.207 e. The van der Waals surface area contributed by atoms with Gasteiger partial charge in [-0.3, -0.25) is 0 Å². The Morgan fingerprint density at radius 3 is 2.35 bits per heavy atom. The summed E-state index contributed by atoms with van der Waals surface area (Å²) in [7, 11) is 0. The van der Waals surface area contributed by atoms with E-state index in [0.29, 0.717) is 0 Å². The van der Waals surface area contributed by atoms with E-state index in [1.165, 1.54) is 41.5 Å². The van der Waals surface area contributed by atoms with Crippen LogP contribution in [-0.4, -0.2) is 0 Å². The maximum Gasteiger partial charge on any atom is 0.123 e. The summed E-state index contributed by atoms with van der Waals surface area (Å²) in [6.45, 7) is 3.96. The highest BCUT2D eigenvalue weighted by Gasteiger charge is 2.19. The maximum absolute atomic E-state index is 13.4. The van der Waals surface area contributed by atoms with Crippen molar-refractivity contribution in [1.82, 2.24) is 0 Å². The Hall–Kier alpha value is -1.15. The molecule has 0 amide bonds. The molecule has 2 aromatic carbocycles. The lowest BCUT2D eigenvalue weighted by Crippen LogP contribution is -2.01. The van der Waals surface area contributed by atoms with Crippen molar-refractivity contribution in [3.8, 4) is 0 Å². The molecule has 0 saturated heterocycles. The molecule has 1 atom stereocenters. The second-order valence-electron chi connectivity index (χ2n) is 5.70. The molecule has 0 aliphatic heterocycles. The fourth-order valence-electron chi connectivity index (χ4n) is 3.24. The molecule has 1 aliphatic carbocycles. The molecule has 0 saturated carbocycles. The zero-order valence-corrected chi connectivity index (χ0v) is 13.4. The van der Waals surface area contributed by atoms with Gasteiger partial charge in [-0.15, -0.1) is 0 Å². The molecule has 0 nitrogen and oxygen atoms in total. The summed E-state index contributed by atoms with van der Waals surface area (Å²) in [5.41, 5.74) is 7.42. The van der Waals surface area contributed by atoms with E-state index < -0.39 is 0 Å². The quantitative estimate of drug-likeness (QED) is 0.644. The highest BCUT2D eigenvalue weighted by molar-refractivity contribution is 9.09. The predicted molar refractivity (Wildman–Crippen MR) is 85.1 cm³/mol. The molecular weight excluding hydrogens is 315 g/mol. The number of hydrogen-bond acceptors (Lipinski definition) is 0. The molecule has 2 heteroatoms. The molecule has 0 aromatic heterocycles. The molecule has 0 radical (unpaired) electrons. The third-order valence-electron chi connectivity index (χ3n) is 4.23. The highest BCUT2D eigenvalue weighted by Crippen LogP contribution is 2.37. The topological polar surface area (TPSA) is 0 Å². The van der Waals surface area contributed by atoms with Gasteiger partial charge in [0.05, 0.1) is 4.83 Å². The molecule has 0 heterocycles. The highest BCUT2D eigenvalue weighted by atomic mass is 79.9.